The molecular weight excluding hydrogens is 418 g/mol. The van der Waals surface area contributed by atoms with Crippen molar-refractivity contribution in [2.45, 2.75) is 25.2 Å². The zero-order chi connectivity index (χ0) is 21.9. The van der Waals surface area contributed by atoms with Crippen LogP contribution in [0.5, 0.6) is 0 Å². The quantitative estimate of drug-likeness (QED) is 0.631. The number of carbonyl (C=O) groups is 1. The van der Waals surface area contributed by atoms with E-state index in [0.29, 0.717) is 11.4 Å². The Morgan fingerprint density at radius 1 is 1.03 bits per heavy atom. The molecule has 1 amide bonds. The lowest BCUT2D eigenvalue weighted by Gasteiger charge is -2.12. The van der Waals surface area contributed by atoms with Crippen LogP contribution in [0.15, 0.2) is 62.7 Å². The number of anilines is 1. The summed E-state index contributed by atoms with van der Waals surface area (Å²) < 4.78 is 29.5. The number of sulfonamides is 1. The first-order valence-electron chi connectivity index (χ1n) is 9.68. The highest BCUT2D eigenvalue weighted by Crippen LogP contribution is 2.33. The van der Waals surface area contributed by atoms with Crippen LogP contribution in [0.3, 0.4) is 0 Å². The number of carbonyl (C=O) groups excluding carboxylic acids is 1. The Hall–Kier alpha value is -2.58. The standard InChI is InChI=1S/C22H25N3O3S2/c1-5-16-9-13-19(14-10-16)30(27,28)23-22-25(6-2)21(26)20(29-22)15-17-7-11-18(12-8-17)24(3)4/h7-15H,5-6H2,1-4H3/b20-15-,23-22?. The summed E-state index contributed by atoms with van der Waals surface area (Å²) in [6.45, 7) is 4.14. The van der Waals surface area contributed by atoms with Crippen LogP contribution in [-0.2, 0) is 21.2 Å². The van der Waals surface area contributed by atoms with Crippen molar-refractivity contribution >= 4 is 44.6 Å². The molecular formula is C22H25N3O3S2. The van der Waals surface area contributed by atoms with Crippen molar-refractivity contribution < 1.29 is 13.2 Å². The minimum absolute atomic E-state index is 0.119. The second kappa shape index (κ2) is 9.06. The van der Waals surface area contributed by atoms with E-state index in [9.17, 15) is 13.2 Å². The van der Waals surface area contributed by atoms with Gasteiger partial charge in [-0.15, -0.1) is 4.40 Å². The first kappa shape index (κ1) is 22.1. The van der Waals surface area contributed by atoms with E-state index in [4.69, 9.17) is 0 Å². The van der Waals surface area contributed by atoms with Crippen LogP contribution >= 0.6 is 11.8 Å². The highest BCUT2D eigenvalue weighted by molar-refractivity contribution is 8.19. The second-order valence-electron chi connectivity index (χ2n) is 6.99. The average Bonchev–Trinajstić information content (AvgIpc) is 3.01. The fourth-order valence-electron chi connectivity index (χ4n) is 2.93. The maximum atomic E-state index is 12.8. The summed E-state index contributed by atoms with van der Waals surface area (Å²) in [7, 11) is 0.0144. The summed E-state index contributed by atoms with van der Waals surface area (Å²) in [4.78, 5) is 16.7. The molecule has 1 heterocycles. The molecule has 1 saturated heterocycles. The number of hydrogen-bond donors (Lipinski definition) is 0. The third-order valence-corrected chi connectivity index (χ3v) is 7.14. The molecule has 3 rings (SSSR count). The monoisotopic (exact) mass is 443 g/mol. The van der Waals surface area contributed by atoms with Crippen molar-refractivity contribution in [1.29, 1.82) is 0 Å². The highest BCUT2D eigenvalue weighted by atomic mass is 32.2. The first-order valence-corrected chi connectivity index (χ1v) is 11.9. The third kappa shape index (κ3) is 4.76. The Kier molecular flexibility index (Phi) is 6.67. The molecule has 0 aromatic heterocycles. The normalized spacial score (nSPS) is 17.2. The second-order valence-corrected chi connectivity index (χ2v) is 9.61. The molecule has 0 spiro atoms. The molecule has 0 radical (unpaired) electrons. The Bertz CT molecular complexity index is 1090. The van der Waals surface area contributed by atoms with Crippen molar-refractivity contribution in [3.63, 3.8) is 0 Å². The number of amides is 1. The van der Waals surface area contributed by atoms with Crippen molar-refractivity contribution in [2.24, 2.45) is 4.40 Å². The molecule has 0 unspecified atom stereocenters. The van der Waals surface area contributed by atoms with Gasteiger partial charge in [-0.2, -0.15) is 8.42 Å². The van der Waals surface area contributed by atoms with Crippen molar-refractivity contribution in [2.75, 3.05) is 25.5 Å². The molecule has 2 aromatic rings. The topological polar surface area (TPSA) is 70.0 Å². The lowest BCUT2D eigenvalue weighted by molar-refractivity contribution is -0.122. The SMILES string of the molecule is CCc1ccc(S(=O)(=O)N=C2S/C(=C\c3ccc(N(C)C)cc3)C(=O)N2CC)cc1. The van der Waals surface area contributed by atoms with Gasteiger partial charge in [-0.3, -0.25) is 9.69 Å². The molecule has 0 bridgehead atoms. The fraction of sp³-hybridized carbons (Fsp3) is 0.273. The van der Waals surface area contributed by atoms with E-state index in [-0.39, 0.29) is 16.0 Å². The number of benzene rings is 2. The van der Waals surface area contributed by atoms with Gasteiger partial charge in [0.05, 0.1) is 9.80 Å². The summed E-state index contributed by atoms with van der Waals surface area (Å²) in [6, 6.07) is 14.4. The minimum atomic E-state index is -3.91. The van der Waals surface area contributed by atoms with Crippen molar-refractivity contribution in [1.82, 2.24) is 4.90 Å². The van der Waals surface area contributed by atoms with Gasteiger partial charge in [0.1, 0.15) is 0 Å². The van der Waals surface area contributed by atoms with E-state index in [1.165, 1.54) is 4.90 Å². The summed E-state index contributed by atoms with van der Waals surface area (Å²) in [6.07, 6.45) is 2.59. The number of aryl methyl sites for hydroxylation is 1. The van der Waals surface area contributed by atoms with Crippen LogP contribution in [0.4, 0.5) is 5.69 Å². The maximum Gasteiger partial charge on any atom is 0.284 e. The van der Waals surface area contributed by atoms with E-state index >= 15 is 0 Å². The Morgan fingerprint density at radius 3 is 2.20 bits per heavy atom. The van der Waals surface area contributed by atoms with Crippen LogP contribution in [0.1, 0.15) is 25.0 Å². The van der Waals surface area contributed by atoms with Crippen molar-refractivity contribution in [3.05, 3.63) is 64.6 Å². The number of nitrogens with zero attached hydrogens (tertiary/aromatic N) is 3. The van der Waals surface area contributed by atoms with Gasteiger partial charge in [0, 0.05) is 26.3 Å². The van der Waals surface area contributed by atoms with Crippen LogP contribution < -0.4 is 4.90 Å². The van der Waals surface area contributed by atoms with Gasteiger partial charge in [0.15, 0.2) is 5.17 Å². The first-order chi connectivity index (χ1) is 14.2. The number of thioether (sulfide) groups is 1. The number of rotatable bonds is 6. The largest absolute Gasteiger partial charge is 0.378 e. The molecule has 30 heavy (non-hydrogen) atoms. The van der Waals surface area contributed by atoms with Gasteiger partial charge in [0.2, 0.25) is 0 Å². The van der Waals surface area contributed by atoms with E-state index in [1.54, 1.807) is 37.3 Å². The van der Waals surface area contributed by atoms with Crippen LogP contribution in [0, 0.1) is 0 Å². The lowest BCUT2D eigenvalue weighted by atomic mass is 10.2. The Morgan fingerprint density at radius 2 is 1.67 bits per heavy atom. The van der Waals surface area contributed by atoms with Crippen LogP contribution in [0.2, 0.25) is 0 Å². The van der Waals surface area contributed by atoms with Gasteiger partial charge < -0.3 is 4.90 Å². The molecule has 158 valence electrons. The smallest absolute Gasteiger partial charge is 0.284 e. The molecule has 0 aliphatic carbocycles. The number of amidine groups is 1. The fourth-order valence-corrected chi connectivity index (χ4v) is 5.17. The van der Waals surface area contributed by atoms with Gasteiger partial charge in [-0.25, -0.2) is 0 Å². The third-order valence-electron chi connectivity index (χ3n) is 4.74. The van der Waals surface area contributed by atoms with E-state index < -0.39 is 10.0 Å². The zero-order valence-corrected chi connectivity index (χ0v) is 19.1. The summed E-state index contributed by atoms with van der Waals surface area (Å²) in [5.41, 5.74) is 2.97. The molecule has 1 aliphatic rings. The lowest BCUT2D eigenvalue weighted by Crippen LogP contribution is -2.29. The van der Waals surface area contributed by atoms with Gasteiger partial charge in [0.25, 0.3) is 15.9 Å². The van der Waals surface area contributed by atoms with Gasteiger partial charge >= 0.3 is 0 Å². The molecule has 1 fully saturated rings. The molecule has 0 N–H and O–H groups in total. The molecule has 6 nitrogen and oxygen atoms in total. The molecule has 0 atom stereocenters. The minimum Gasteiger partial charge on any atom is -0.378 e. The van der Waals surface area contributed by atoms with Crippen LogP contribution in [0.25, 0.3) is 6.08 Å². The molecule has 2 aromatic carbocycles. The number of likely N-dealkylation sites (N-methyl/N-ethyl adjacent to an activating group) is 1. The summed E-state index contributed by atoms with van der Waals surface area (Å²) in [5, 5.41) is 0.179. The Labute approximate surface area is 182 Å². The molecule has 1 aliphatic heterocycles. The number of hydrogen-bond acceptors (Lipinski definition) is 5. The summed E-state index contributed by atoms with van der Waals surface area (Å²) in [5.74, 6) is -0.241. The molecule has 8 heteroatoms. The predicted octanol–water partition coefficient (Wildman–Crippen LogP) is 4.00. The van der Waals surface area contributed by atoms with E-state index in [1.807, 2.05) is 50.2 Å². The van der Waals surface area contributed by atoms with Gasteiger partial charge in [-0.1, -0.05) is 31.2 Å². The van der Waals surface area contributed by atoms with E-state index in [0.717, 1.165) is 35.0 Å². The van der Waals surface area contributed by atoms with E-state index in [2.05, 4.69) is 4.40 Å². The predicted molar refractivity (Wildman–Crippen MR) is 124 cm³/mol. The summed E-state index contributed by atoms with van der Waals surface area (Å²) >= 11 is 1.08. The maximum absolute atomic E-state index is 12.8. The highest BCUT2D eigenvalue weighted by Gasteiger charge is 2.34. The van der Waals surface area contributed by atoms with Gasteiger partial charge in [-0.05, 0) is 66.6 Å². The Balaban J connectivity index is 1.90. The molecule has 0 saturated carbocycles. The van der Waals surface area contributed by atoms with Crippen molar-refractivity contribution in [3.8, 4) is 0 Å². The van der Waals surface area contributed by atoms with Crippen LogP contribution in [-0.4, -0.2) is 45.0 Å². The average molecular weight is 444 g/mol. The zero-order valence-electron chi connectivity index (χ0n) is 17.5.